The first-order chi connectivity index (χ1) is 16.1. The van der Waals surface area contributed by atoms with E-state index in [4.69, 9.17) is 23.3 Å². The predicted octanol–water partition coefficient (Wildman–Crippen LogP) is 2.20. The molecule has 0 spiro atoms. The maximum atomic E-state index is 13.6. The first-order valence-electron chi connectivity index (χ1n) is 11.0. The molecule has 1 aromatic rings. The van der Waals surface area contributed by atoms with Gasteiger partial charge >= 0.3 is 6.09 Å². The standard InChI is InChI=1S/C26H34N4O5/c1-9-17-13-11-12-14-18(17)21(22(32)29-25(3,4)5)30(10-2)23(33)19(15-16-20(27)31)28-24(34)35-26(6,7)8/h1-2,11-14,19,21H,15-16H2,3-8H3,(H2,27,31)(H,28,34)(H,29,32). The highest BCUT2D eigenvalue weighted by molar-refractivity contribution is 5.94. The van der Waals surface area contributed by atoms with Gasteiger partial charge in [0.15, 0.2) is 0 Å². The Hall–Kier alpha value is -3.98. The molecule has 1 rings (SSSR count). The summed E-state index contributed by atoms with van der Waals surface area (Å²) < 4.78 is 5.24. The van der Waals surface area contributed by atoms with Gasteiger partial charge < -0.3 is 21.1 Å². The normalized spacial score (nSPS) is 12.8. The monoisotopic (exact) mass is 482 g/mol. The molecule has 2 atom stereocenters. The van der Waals surface area contributed by atoms with Crippen LogP contribution in [0.1, 0.15) is 71.6 Å². The molecule has 1 aromatic carbocycles. The SMILES string of the molecule is C#Cc1ccccc1C(C(=O)NC(C)(C)C)N(C#C)C(=O)C(CCC(N)=O)NC(=O)OC(C)(C)C. The summed E-state index contributed by atoms with van der Waals surface area (Å²) in [4.78, 5) is 51.7. The molecule has 0 fully saturated rings. The van der Waals surface area contributed by atoms with E-state index < -0.39 is 47.0 Å². The number of carbonyl (C=O) groups excluding carboxylic acids is 4. The zero-order chi connectivity index (χ0) is 27.0. The van der Waals surface area contributed by atoms with Crippen LogP contribution in [0.4, 0.5) is 4.79 Å². The number of benzene rings is 1. The van der Waals surface area contributed by atoms with Crippen molar-refractivity contribution in [3.63, 3.8) is 0 Å². The number of primary amides is 1. The minimum absolute atomic E-state index is 0.157. The van der Waals surface area contributed by atoms with Gasteiger partial charge in [-0.15, -0.1) is 6.42 Å². The average molecular weight is 483 g/mol. The van der Waals surface area contributed by atoms with Crippen molar-refractivity contribution < 1.29 is 23.9 Å². The highest BCUT2D eigenvalue weighted by Gasteiger charge is 2.37. The van der Waals surface area contributed by atoms with Gasteiger partial charge in [0, 0.05) is 29.1 Å². The zero-order valence-corrected chi connectivity index (χ0v) is 21.1. The molecule has 0 bridgehead atoms. The van der Waals surface area contributed by atoms with E-state index >= 15 is 0 Å². The summed E-state index contributed by atoms with van der Waals surface area (Å²) in [6, 6.07) is 6.22. The second-order valence-corrected chi connectivity index (χ2v) is 9.91. The number of alkyl carbamates (subject to hydrolysis) is 1. The molecule has 0 saturated heterocycles. The van der Waals surface area contributed by atoms with Crippen LogP contribution in [0.15, 0.2) is 24.3 Å². The van der Waals surface area contributed by atoms with Crippen molar-refractivity contribution in [2.24, 2.45) is 5.73 Å². The van der Waals surface area contributed by atoms with Gasteiger partial charge in [-0.25, -0.2) is 4.79 Å². The highest BCUT2D eigenvalue weighted by atomic mass is 16.6. The van der Waals surface area contributed by atoms with Crippen LogP contribution in [0.25, 0.3) is 0 Å². The lowest BCUT2D eigenvalue weighted by molar-refractivity contribution is -0.139. The molecular formula is C26H34N4O5. The maximum absolute atomic E-state index is 13.6. The Morgan fingerprint density at radius 3 is 2.17 bits per heavy atom. The first-order valence-corrected chi connectivity index (χ1v) is 11.0. The third-order valence-corrected chi connectivity index (χ3v) is 4.46. The Bertz CT molecular complexity index is 1040. The molecule has 0 aromatic heterocycles. The summed E-state index contributed by atoms with van der Waals surface area (Å²) in [5.41, 5.74) is 4.46. The first kappa shape index (κ1) is 29.1. The van der Waals surface area contributed by atoms with E-state index in [2.05, 4.69) is 22.6 Å². The number of ether oxygens (including phenoxy) is 1. The Morgan fingerprint density at radius 1 is 1.09 bits per heavy atom. The quantitative estimate of drug-likeness (QED) is 0.386. The number of nitrogens with two attached hydrogens (primary N) is 1. The van der Waals surface area contributed by atoms with Crippen LogP contribution in [0.2, 0.25) is 0 Å². The summed E-state index contributed by atoms with van der Waals surface area (Å²) in [6.07, 6.45) is 10.1. The molecule has 9 nitrogen and oxygen atoms in total. The van der Waals surface area contributed by atoms with Crippen LogP contribution >= 0.6 is 0 Å². The van der Waals surface area contributed by atoms with Crippen LogP contribution < -0.4 is 16.4 Å². The number of nitrogens with one attached hydrogen (secondary N) is 2. The topological polar surface area (TPSA) is 131 Å². The second kappa shape index (κ2) is 11.9. The Morgan fingerprint density at radius 2 is 1.69 bits per heavy atom. The Kier molecular flexibility index (Phi) is 9.91. The number of hydrogen-bond donors (Lipinski definition) is 3. The van der Waals surface area contributed by atoms with Gasteiger partial charge in [-0.2, -0.15) is 0 Å². The molecule has 9 heteroatoms. The fourth-order valence-corrected chi connectivity index (χ4v) is 3.13. The van der Waals surface area contributed by atoms with Crippen molar-refractivity contribution in [2.75, 3.05) is 0 Å². The van der Waals surface area contributed by atoms with Crippen LogP contribution in [-0.2, 0) is 19.1 Å². The second-order valence-electron chi connectivity index (χ2n) is 9.91. The molecule has 0 heterocycles. The van der Waals surface area contributed by atoms with Crippen LogP contribution in [0.5, 0.6) is 0 Å². The van der Waals surface area contributed by atoms with Gasteiger partial charge in [0.1, 0.15) is 17.7 Å². The number of terminal acetylenes is 2. The molecule has 4 amide bonds. The molecule has 0 aliphatic rings. The zero-order valence-electron chi connectivity index (χ0n) is 21.1. The van der Waals surface area contributed by atoms with E-state index in [9.17, 15) is 19.2 Å². The third kappa shape index (κ3) is 9.42. The number of hydrogen-bond acceptors (Lipinski definition) is 5. The maximum Gasteiger partial charge on any atom is 0.408 e. The highest BCUT2D eigenvalue weighted by Crippen LogP contribution is 2.26. The summed E-state index contributed by atoms with van der Waals surface area (Å²) >= 11 is 0. The summed E-state index contributed by atoms with van der Waals surface area (Å²) in [7, 11) is 0. The van der Waals surface area contributed by atoms with Crippen LogP contribution in [0, 0.1) is 24.8 Å². The molecule has 0 saturated carbocycles. The molecule has 2 unspecified atom stereocenters. The lowest BCUT2D eigenvalue weighted by atomic mass is 9.96. The number of amides is 4. The smallest absolute Gasteiger partial charge is 0.408 e. The van der Waals surface area contributed by atoms with E-state index in [1.165, 1.54) is 0 Å². The van der Waals surface area contributed by atoms with Crippen molar-refractivity contribution in [1.29, 1.82) is 0 Å². The van der Waals surface area contributed by atoms with Gasteiger partial charge in [0.2, 0.25) is 11.8 Å². The summed E-state index contributed by atoms with van der Waals surface area (Å²) in [6.45, 7) is 10.3. The van der Waals surface area contributed by atoms with Crippen molar-refractivity contribution in [2.45, 2.75) is 77.6 Å². The van der Waals surface area contributed by atoms with Crippen molar-refractivity contribution in [3.05, 3.63) is 35.4 Å². The van der Waals surface area contributed by atoms with Crippen LogP contribution in [0.3, 0.4) is 0 Å². The van der Waals surface area contributed by atoms with Crippen LogP contribution in [-0.4, -0.2) is 45.9 Å². The Balaban J connectivity index is 3.51. The van der Waals surface area contributed by atoms with Gasteiger partial charge in [-0.3, -0.25) is 19.3 Å². The minimum Gasteiger partial charge on any atom is -0.444 e. The number of rotatable bonds is 8. The minimum atomic E-state index is -1.31. The number of carbonyl (C=O) groups is 4. The van der Waals surface area contributed by atoms with E-state index in [1.807, 2.05) is 0 Å². The molecule has 0 aliphatic carbocycles. The lowest BCUT2D eigenvalue weighted by Crippen LogP contribution is -2.53. The van der Waals surface area contributed by atoms with Gasteiger partial charge in [0.25, 0.3) is 5.91 Å². The Labute approximate surface area is 207 Å². The fourth-order valence-electron chi connectivity index (χ4n) is 3.13. The van der Waals surface area contributed by atoms with E-state index in [0.29, 0.717) is 11.1 Å². The molecule has 0 radical (unpaired) electrons. The molecule has 188 valence electrons. The summed E-state index contributed by atoms with van der Waals surface area (Å²) in [5, 5.41) is 5.25. The number of nitrogens with zero attached hydrogens (tertiary/aromatic N) is 1. The van der Waals surface area contributed by atoms with Crippen molar-refractivity contribution >= 4 is 23.8 Å². The average Bonchev–Trinajstić information content (AvgIpc) is 2.71. The molecule has 4 N–H and O–H groups in total. The largest absolute Gasteiger partial charge is 0.444 e. The molecule has 0 aliphatic heterocycles. The van der Waals surface area contributed by atoms with Gasteiger partial charge in [-0.05, 0) is 54.0 Å². The van der Waals surface area contributed by atoms with E-state index in [1.54, 1.807) is 65.8 Å². The molecule has 35 heavy (non-hydrogen) atoms. The molecular weight excluding hydrogens is 448 g/mol. The van der Waals surface area contributed by atoms with Gasteiger partial charge in [0.05, 0.1) is 0 Å². The predicted molar refractivity (Wildman–Crippen MR) is 132 cm³/mol. The van der Waals surface area contributed by atoms with E-state index in [0.717, 1.165) is 4.90 Å². The summed E-state index contributed by atoms with van der Waals surface area (Å²) in [5.74, 6) is 0.445. The van der Waals surface area contributed by atoms with E-state index in [-0.39, 0.29) is 12.8 Å². The van der Waals surface area contributed by atoms with Crippen molar-refractivity contribution in [1.82, 2.24) is 15.5 Å². The van der Waals surface area contributed by atoms with Gasteiger partial charge in [-0.1, -0.05) is 30.5 Å². The fraction of sp³-hybridized carbons (Fsp3) is 0.462. The third-order valence-electron chi connectivity index (χ3n) is 4.46. The van der Waals surface area contributed by atoms with Crippen molar-refractivity contribution in [3.8, 4) is 24.8 Å². The lowest BCUT2D eigenvalue weighted by Gasteiger charge is -2.32.